The molecule has 14 heteroatoms. The number of carbonyl (C=O) groups excluding carboxylic acids is 2. The molecule has 9 nitrogen and oxygen atoms in total. The van der Waals surface area contributed by atoms with E-state index in [0.717, 1.165) is 25.7 Å². The van der Waals surface area contributed by atoms with Crippen molar-refractivity contribution < 1.29 is 31.5 Å². The molecule has 2 amide bonds. The second kappa shape index (κ2) is 14.0. The second-order valence-electron chi connectivity index (χ2n) is 11.0. The fourth-order valence-electron chi connectivity index (χ4n) is 4.93. The van der Waals surface area contributed by atoms with E-state index >= 15 is 0 Å². The summed E-state index contributed by atoms with van der Waals surface area (Å²) in [5.74, 6) is -2.46. The van der Waals surface area contributed by atoms with E-state index in [4.69, 9.17) is 0 Å². The van der Waals surface area contributed by atoms with E-state index in [-0.39, 0.29) is 37.2 Å². The SMILES string of the molecule is FC1(F)CCCCC1.N#Cc1cnn(CC2CCC2)c1C(=O)NCc1nc2ccc(CNC(=O)CCC(F)(F)F)cc2[nH]1. The summed E-state index contributed by atoms with van der Waals surface area (Å²) >= 11 is 0. The summed E-state index contributed by atoms with van der Waals surface area (Å²) in [6.07, 6.45) is 1.24. The van der Waals surface area contributed by atoms with Crippen molar-refractivity contribution in [1.29, 1.82) is 5.26 Å². The molecule has 2 fully saturated rings. The van der Waals surface area contributed by atoms with Crippen LogP contribution in [0.4, 0.5) is 22.0 Å². The molecule has 2 aliphatic carbocycles. The molecule has 2 aliphatic rings. The molecule has 3 N–H and O–H groups in total. The van der Waals surface area contributed by atoms with Crippen molar-refractivity contribution >= 4 is 22.8 Å². The number of hydrogen-bond acceptors (Lipinski definition) is 5. The first-order valence-electron chi connectivity index (χ1n) is 14.4. The Balaban J connectivity index is 0.000000458. The summed E-state index contributed by atoms with van der Waals surface area (Å²) in [6, 6.07) is 7.18. The number of rotatable bonds is 9. The van der Waals surface area contributed by atoms with Crippen molar-refractivity contribution in [2.75, 3.05) is 0 Å². The minimum Gasteiger partial charge on any atom is -0.352 e. The number of imidazole rings is 1. The Morgan fingerprint density at radius 2 is 1.84 bits per heavy atom. The number of carbonyl (C=O) groups is 2. The van der Waals surface area contributed by atoms with E-state index in [1.807, 2.05) is 6.07 Å². The van der Waals surface area contributed by atoms with Gasteiger partial charge < -0.3 is 15.6 Å². The van der Waals surface area contributed by atoms with Crippen LogP contribution >= 0.6 is 0 Å². The highest BCUT2D eigenvalue weighted by Gasteiger charge is 2.30. The fourth-order valence-corrected chi connectivity index (χ4v) is 4.93. The third-order valence-electron chi connectivity index (χ3n) is 7.55. The van der Waals surface area contributed by atoms with Crippen molar-refractivity contribution in [3.05, 3.63) is 47.0 Å². The van der Waals surface area contributed by atoms with E-state index in [0.29, 0.717) is 47.7 Å². The third-order valence-corrected chi connectivity index (χ3v) is 7.55. The number of hydrogen-bond donors (Lipinski definition) is 3. The number of nitriles is 1. The number of H-pyrrole nitrogens is 1. The van der Waals surface area contributed by atoms with E-state index < -0.39 is 36.8 Å². The maximum Gasteiger partial charge on any atom is 0.389 e. The van der Waals surface area contributed by atoms with E-state index in [9.17, 15) is 36.8 Å². The van der Waals surface area contributed by atoms with Crippen molar-refractivity contribution in [2.45, 2.75) is 95.9 Å². The number of aromatic amines is 1. The van der Waals surface area contributed by atoms with Crippen LogP contribution in [0, 0.1) is 17.2 Å². The Morgan fingerprint density at radius 1 is 1.09 bits per heavy atom. The van der Waals surface area contributed by atoms with Crippen LogP contribution in [-0.4, -0.2) is 43.7 Å². The lowest BCUT2D eigenvalue weighted by Crippen LogP contribution is -2.29. The minimum absolute atomic E-state index is 0.0830. The van der Waals surface area contributed by atoms with Crippen LogP contribution in [-0.2, 0) is 24.4 Å². The van der Waals surface area contributed by atoms with E-state index in [2.05, 4.69) is 25.7 Å². The molecule has 232 valence electrons. The summed E-state index contributed by atoms with van der Waals surface area (Å²) in [6.45, 7) is 0.779. The largest absolute Gasteiger partial charge is 0.389 e. The maximum absolute atomic E-state index is 12.8. The number of fused-ring (bicyclic) bond motifs is 1. The predicted octanol–water partition coefficient (Wildman–Crippen LogP) is 5.91. The molecule has 3 aromatic rings. The van der Waals surface area contributed by atoms with Gasteiger partial charge in [-0.05, 0) is 49.3 Å². The molecule has 2 aromatic heterocycles. The summed E-state index contributed by atoms with van der Waals surface area (Å²) in [5.41, 5.74) is 2.43. The Morgan fingerprint density at radius 3 is 2.44 bits per heavy atom. The predicted molar refractivity (Wildman–Crippen MR) is 147 cm³/mol. The molecule has 1 aromatic carbocycles. The van der Waals surface area contributed by atoms with Crippen LogP contribution in [0.15, 0.2) is 24.4 Å². The summed E-state index contributed by atoms with van der Waals surface area (Å²) in [4.78, 5) is 32.0. The van der Waals surface area contributed by atoms with Gasteiger partial charge in [0.05, 0.1) is 30.2 Å². The molecule has 43 heavy (non-hydrogen) atoms. The first-order chi connectivity index (χ1) is 20.4. The molecular weight excluding hydrogens is 573 g/mol. The zero-order chi connectivity index (χ0) is 31.0. The van der Waals surface area contributed by atoms with E-state index in [1.165, 1.54) is 6.20 Å². The Labute approximate surface area is 245 Å². The lowest BCUT2D eigenvalue weighted by molar-refractivity contribution is -0.144. The van der Waals surface area contributed by atoms with Gasteiger partial charge in [-0.1, -0.05) is 18.9 Å². The lowest BCUT2D eigenvalue weighted by Gasteiger charge is -2.25. The third kappa shape index (κ3) is 9.49. The van der Waals surface area contributed by atoms with Gasteiger partial charge in [-0.3, -0.25) is 14.3 Å². The van der Waals surface area contributed by atoms with Gasteiger partial charge >= 0.3 is 6.18 Å². The summed E-state index contributed by atoms with van der Waals surface area (Å²) in [5, 5.41) is 18.8. The smallest absolute Gasteiger partial charge is 0.352 e. The van der Waals surface area contributed by atoms with Gasteiger partial charge in [-0.2, -0.15) is 23.5 Å². The molecule has 0 radical (unpaired) electrons. The number of amides is 2. The number of alkyl halides is 5. The lowest BCUT2D eigenvalue weighted by atomic mass is 9.85. The highest BCUT2D eigenvalue weighted by Crippen LogP contribution is 2.32. The summed E-state index contributed by atoms with van der Waals surface area (Å²) in [7, 11) is 0. The van der Waals surface area contributed by atoms with Gasteiger partial charge in [0, 0.05) is 32.4 Å². The molecule has 0 bridgehead atoms. The van der Waals surface area contributed by atoms with Crippen LogP contribution in [0.1, 0.15) is 91.6 Å². The quantitative estimate of drug-likeness (QED) is 0.261. The van der Waals surface area contributed by atoms with Crippen molar-refractivity contribution in [1.82, 2.24) is 30.4 Å². The molecule has 0 aliphatic heterocycles. The van der Waals surface area contributed by atoms with Crippen LogP contribution in [0.5, 0.6) is 0 Å². The molecule has 0 saturated heterocycles. The Hall–Kier alpha value is -4.02. The number of nitrogens with zero attached hydrogens (tertiary/aromatic N) is 4. The van der Waals surface area contributed by atoms with Gasteiger partial charge in [-0.25, -0.2) is 13.8 Å². The Bertz CT molecular complexity index is 1450. The second-order valence-corrected chi connectivity index (χ2v) is 11.0. The molecule has 5 rings (SSSR count). The molecule has 0 atom stereocenters. The highest BCUT2D eigenvalue weighted by molar-refractivity contribution is 5.94. The molecule has 2 heterocycles. The maximum atomic E-state index is 12.8. The van der Waals surface area contributed by atoms with Crippen LogP contribution in [0.3, 0.4) is 0 Å². The van der Waals surface area contributed by atoms with Crippen molar-refractivity contribution in [3.8, 4) is 6.07 Å². The van der Waals surface area contributed by atoms with Gasteiger partial charge in [0.2, 0.25) is 11.8 Å². The van der Waals surface area contributed by atoms with Gasteiger partial charge in [0.15, 0.2) is 0 Å². The average Bonchev–Trinajstić information content (AvgIpc) is 3.54. The zero-order valence-electron chi connectivity index (χ0n) is 23.6. The van der Waals surface area contributed by atoms with Crippen LogP contribution in [0.2, 0.25) is 0 Å². The topological polar surface area (TPSA) is 128 Å². The number of benzene rings is 1. The standard InChI is InChI=1S/C23H24F3N7O2.C6H10F2/c24-23(25,26)7-6-20(34)28-10-15-4-5-17-18(8-15)32-19(31-17)12-29-22(35)21-16(9-27)11-30-33(21)13-14-2-1-3-14;7-6(8)4-2-1-3-5-6/h4-5,8,11,14H,1-3,6-7,10,12-13H2,(H,28,34)(H,29,35)(H,31,32);1-5H2. The van der Waals surface area contributed by atoms with Gasteiger partial charge in [-0.15, -0.1) is 0 Å². The molecule has 0 spiro atoms. The monoisotopic (exact) mass is 607 g/mol. The highest BCUT2D eigenvalue weighted by atomic mass is 19.4. The van der Waals surface area contributed by atoms with Crippen molar-refractivity contribution in [3.63, 3.8) is 0 Å². The first kappa shape index (κ1) is 31.9. The van der Waals surface area contributed by atoms with Gasteiger partial charge in [0.25, 0.3) is 5.91 Å². The summed E-state index contributed by atoms with van der Waals surface area (Å²) < 4.78 is 62.7. The van der Waals surface area contributed by atoms with Gasteiger partial charge in [0.1, 0.15) is 23.2 Å². The number of halogens is 5. The first-order valence-corrected chi connectivity index (χ1v) is 14.4. The van der Waals surface area contributed by atoms with E-state index in [1.54, 1.807) is 22.9 Å². The van der Waals surface area contributed by atoms with Crippen LogP contribution in [0.25, 0.3) is 11.0 Å². The molecular formula is C29H34F5N7O2. The normalized spacial score (nSPS) is 16.5. The van der Waals surface area contributed by atoms with Crippen molar-refractivity contribution in [2.24, 2.45) is 5.92 Å². The van der Waals surface area contributed by atoms with Crippen LogP contribution < -0.4 is 10.6 Å². The Kier molecular flexibility index (Phi) is 10.4. The zero-order valence-corrected chi connectivity index (χ0v) is 23.6. The average molecular weight is 608 g/mol. The fraction of sp³-hybridized carbons (Fsp3) is 0.552. The molecule has 0 unspecified atom stereocenters. The number of nitrogens with one attached hydrogen (secondary N) is 3. The minimum atomic E-state index is -4.37. The molecule has 2 saturated carbocycles. The number of aromatic nitrogens is 4.